The Morgan fingerprint density at radius 2 is 1.79 bits per heavy atom. The number of aliphatic hydroxyl groups excluding tert-OH is 1. The molecule has 1 aliphatic heterocycles. The molecular weight excluding hydrogens is 420 g/mol. The van der Waals surface area contributed by atoms with Gasteiger partial charge < -0.3 is 24.1 Å². The second-order valence-corrected chi connectivity index (χ2v) is 8.09. The average Bonchev–Trinajstić information content (AvgIpc) is 3.45. The number of rotatable bonds is 8. The van der Waals surface area contributed by atoms with Crippen LogP contribution in [0.4, 0.5) is 0 Å². The number of carbonyl (C=O) groups is 2. The Morgan fingerprint density at radius 1 is 1.09 bits per heavy atom. The quantitative estimate of drug-likeness (QED) is 0.523. The lowest BCUT2D eigenvalue weighted by atomic mass is 9.94. The molecule has 0 aliphatic carbocycles. The van der Waals surface area contributed by atoms with Crippen molar-refractivity contribution < 1.29 is 23.8 Å². The SMILES string of the molecule is COc1ccc(C2C(C(=O)c3ccco3)=C(O)C(=O)N2CC(c2ccccc2)N(C)C)cc1. The third-order valence-corrected chi connectivity index (χ3v) is 5.90. The van der Waals surface area contributed by atoms with Crippen molar-refractivity contribution in [2.45, 2.75) is 12.1 Å². The van der Waals surface area contributed by atoms with Crippen LogP contribution in [-0.4, -0.2) is 54.3 Å². The molecule has 170 valence electrons. The van der Waals surface area contributed by atoms with Crippen LogP contribution in [0.15, 0.2) is 88.7 Å². The first-order valence-corrected chi connectivity index (χ1v) is 10.6. The fourth-order valence-electron chi connectivity index (χ4n) is 4.18. The molecular formula is C26H26N2O5. The maximum atomic E-state index is 13.3. The number of carbonyl (C=O) groups excluding carboxylic acids is 2. The van der Waals surface area contributed by atoms with Gasteiger partial charge in [0.25, 0.3) is 5.91 Å². The van der Waals surface area contributed by atoms with E-state index in [9.17, 15) is 14.7 Å². The van der Waals surface area contributed by atoms with Gasteiger partial charge in [0, 0.05) is 6.54 Å². The molecule has 7 nitrogen and oxygen atoms in total. The molecule has 7 heteroatoms. The lowest BCUT2D eigenvalue weighted by Crippen LogP contribution is -2.38. The maximum Gasteiger partial charge on any atom is 0.290 e. The van der Waals surface area contributed by atoms with Gasteiger partial charge in [-0.1, -0.05) is 42.5 Å². The first kappa shape index (κ1) is 22.4. The summed E-state index contributed by atoms with van der Waals surface area (Å²) < 4.78 is 10.5. The number of Topliss-reactive ketones (excluding diaryl/α,β-unsaturated/α-hetero) is 1. The summed E-state index contributed by atoms with van der Waals surface area (Å²) in [5.41, 5.74) is 1.72. The Kier molecular flexibility index (Phi) is 6.33. The Hall–Kier alpha value is -3.84. The van der Waals surface area contributed by atoms with E-state index in [1.165, 1.54) is 12.3 Å². The zero-order valence-corrected chi connectivity index (χ0v) is 18.8. The Labute approximate surface area is 192 Å². The molecule has 2 unspecified atom stereocenters. The molecule has 33 heavy (non-hydrogen) atoms. The number of ketones is 1. The van der Waals surface area contributed by atoms with E-state index in [-0.39, 0.29) is 23.9 Å². The number of benzene rings is 2. The van der Waals surface area contributed by atoms with E-state index >= 15 is 0 Å². The van der Waals surface area contributed by atoms with Crippen molar-refractivity contribution in [3.63, 3.8) is 0 Å². The van der Waals surface area contributed by atoms with Gasteiger partial charge in [-0.05, 0) is 49.5 Å². The van der Waals surface area contributed by atoms with Gasteiger partial charge in [0.15, 0.2) is 11.5 Å². The minimum atomic E-state index is -0.771. The van der Waals surface area contributed by atoms with Crippen molar-refractivity contribution in [1.82, 2.24) is 9.80 Å². The first-order valence-electron chi connectivity index (χ1n) is 10.6. The number of methoxy groups -OCH3 is 1. The predicted molar refractivity (Wildman–Crippen MR) is 123 cm³/mol. The molecule has 1 amide bonds. The molecule has 1 aromatic heterocycles. The van der Waals surface area contributed by atoms with E-state index in [0.717, 1.165) is 5.56 Å². The summed E-state index contributed by atoms with van der Waals surface area (Å²) in [5, 5.41) is 10.8. The second-order valence-electron chi connectivity index (χ2n) is 8.09. The maximum absolute atomic E-state index is 13.3. The van der Waals surface area contributed by atoms with Gasteiger partial charge in [-0.3, -0.25) is 9.59 Å². The fraction of sp³-hybridized carbons (Fsp3) is 0.231. The number of nitrogens with zero attached hydrogens (tertiary/aromatic N) is 2. The summed E-state index contributed by atoms with van der Waals surface area (Å²) in [4.78, 5) is 30.1. The summed E-state index contributed by atoms with van der Waals surface area (Å²) in [6.45, 7) is 0.269. The molecule has 3 aromatic rings. The highest BCUT2D eigenvalue weighted by molar-refractivity contribution is 6.15. The van der Waals surface area contributed by atoms with Crippen molar-refractivity contribution in [1.29, 1.82) is 0 Å². The van der Waals surface area contributed by atoms with Crippen LogP contribution in [0.1, 0.15) is 33.8 Å². The van der Waals surface area contributed by atoms with Crippen LogP contribution in [0.3, 0.4) is 0 Å². The molecule has 0 radical (unpaired) electrons. The number of ether oxygens (including phenoxy) is 1. The topological polar surface area (TPSA) is 83.2 Å². The molecule has 2 aromatic carbocycles. The summed E-state index contributed by atoms with van der Waals surface area (Å²) in [7, 11) is 5.44. The number of aliphatic hydroxyl groups is 1. The standard InChI is InChI=1S/C26H26N2O5/c1-27(2)20(17-8-5-4-6-9-17)16-28-23(18-11-13-19(32-3)14-12-18)22(25(30)26(28)31)24(29)21-10-7-15-33-21/h4-15,20,23,30H,16H2,1-3H3. The summed E-state index contributed by atoms with van der Waals surface area (Å²) >= 11 is 0. The van der Waals surface area contributed by atoms with Crippen molar-refractivity contribution in [3.05, 3.63) is 101 Å². The first-order chi connectivity index (χ1) is 15.9. The smallest absolute Gasteiger partial charge is 0.290 e. The van der Waals surface area contributed by atoms with Gasteiger partial charge in [0.2, 0.25) is 5.78 Å². The van der Waals surface area contributed by atoms with E-state index in [1.54, 1.807) is 42.3 Å². The number of furan rings is 1. The van der Waals surface area contributed by atoms with Crippen molar-refractivity contribution in [2.24, 2.45) is 0 Å². The minimum Gasteiger partial charge on any atom is -0.503 e. The van der Waals surface area contributed by atoms with Crippen molar-refractivity contribution in [2.75, 3.05) is 27.7 Å². The molecule has 1 aliphatic rings. The Morgan fingerprint density at radius 3 is 2.36 bits per heavy atom. The third kappa shape index (κ3) is 4.27. The second kappa shape index (κ2) is 9.34. The van der Waals surface area contributed by atoms with Gasteiger partial charge in [-0.25, -0.2) is 0 Å². The van der Waals surface area contributed by atoms with Gasteiger partial charge in [-0.15, -0.1) is 0 Å². The number of likely N-dealkylation sites (N-methyl/N-ethyl adjacent to an activating group) is 1. The number of hydrogen-bond donors (Lipinski definition) is 1. The largest absolute Gasteiger partial charge is 0.503 e. The van der Waals surface area contributed by atoms with Crippen LogP contribution in [0.5, 0.6) is 5.75 Å². The van der Waals surface area contributed by atoms with Crippen LogP contribution >= 0.6 is 0 Å². The highest BCUT2D eigenvalue weighted by atomic mass is 16.5. The van der Waals surface area contributed by atoms with E-state index in [0.29, 0.717) is 11.3 Å². The van der Waals surface area contributed by atoms with Crippen LogP contribution in [0.25, 0.3) is 0 Å². The Bertz CT molecular complexity index is 1150. The van der Waals surface area contributed by atoms with Gasteiger partial charge >= 0.3 is 0 Å². The fourth-order valence-corrected chi connectivity index (χ4v) is 4.18. The normalized spacial score (nSPS) is 17.0. The molecule has 2 heterocycles. The predicted octanol–water partition coefficient (Wildman–Crippen LogP) is 4.17. The zero-order valence-electron chi connectivity index (χ0n) is 18.8. The molecule has 0 saturated heterocycles. The molecule has 0 fully saturated rings. The number of hydrogen-bond acceptors (Lipinski definition) is 6. The van der Waals surface area contributed by atoms with E-state index in [4.69, 9.17) is 9.15 Å². The van der Waals surface area contributed by atoms with Crippen LogP contribution < -0.4 is 4.74 Å². The van der Waals surface area contributed by atoms with Crippen LogP contribution in [-0.2, 0) is 4.79 Å². The number of amides is 1. The summed E-state index contributed by atoms with van der Waals surface area (Å²) in [5.74, 6) is -0.944. The van der Waals surface area contributed by atoms with Crippen molar-refractivity contribution in [3.8, 4) is 5.75 Å². The van der Waals surface area contributed by atoms with E-state index in [2.05, 4.69) is 0 Å². The third-order valence-electron chi connectivity index (χ3n) is 5.90. The molecule has 4 rings (SSSR count). The van der Waals surface area contributed by atoms with Gasteiger partial charge in [0.1, 0.15) is 5.75 Å². The van der Waals surface area contributed by atoms with Crippen LogP contribution in [0, 0.1) is 0 Å². The highest BCUT2D eigenvalue weighted by Crippen LogP contribution is 2.41. The molecule has 0 spiro atoms. The zero-order chi connectivity index (χ0) is 23.5. The monoisotopic (exact) mass is 446 g/mol. The van der Waals surface area contributed by atoms with E-state index < -0.39 is 23.5 Å². The lowest BCUT2D eigenvalue weighted by molar-refractivity contribution is -0.130. The Balaban J connectivity index is 1.78. The minimum absolute atomic E-state index is 0.00526. The summed E-state index contributed by atoms with van der Waals surface area (Å²) in [6, 6.07) is 19.1. The summed E-state index contributed by atoms with van der Waals surface area (Å²) in [6.07, 6.45) is 1.39. The lowest BCUT2D eigenvalue weighted by Gasteiger charge is -2.33. The average molecular weight is 447 g/mol. The molecule has 0 saturated carbocycles. The van der Waals surface area contributed by atoms with Crippen molar-refractivity contribution >= 4 is 11.7 Å². The highest BCUT2D eigenvalue weighted by Gasteiger charge is 2.45. The van der Waals surface area contributed by atoms with Gasteiger partial charge in [0.05, 0.1) is 31.0 Å². The van der Waals surface area contributed by atoms with Gasteiger partial charge in [-0.2, -0.15) is 0 Å². The molecule has 2 atom stereocenters. The van der Waals surface area contributed by atoms with E-state index in [1.807, 2.05) is 49.3 Å². The van der Waals surface area contributed by atoms with Crippen LogP contribution in [0.2, 0.25) is 0 Å². The molecule has 1 N–H and O–H groups in total. The molecule has 0 bridgehead atoms.